The average molecular weight is 375 g/mol. The molecule has 2 amide bonds. The van der Waals surface area contributed by atoms with Gasteiger partial charge < -0.3 is 15.0 Å². The monoisotopic (exact) mass is 374 g/mol. The normalized spacial score (nSPS) is 11.8. The summed E-state index contributed by atoms with van der Waals surface area (Å²) in [5.74, 6) is -0.0982. The maximum Gasteiger partial charge on any atom is 0.251 e. The van der Waals surface area contributed by atoms with Crippen LogP contribution in [0.1, 0.15) is 24.2 Å². The van der Waals surface area contributed by atoms with Gasteiger partial charge in [-0.15, -0.1) is 0 Å². The number of ether oxygens (including phenoxy) is 1. The summed E-state index contributed by atoms with van der Waals surface area (Å²) in [6, 6.07) is 13.2. The van der Waals surface area contributed by atoms with E-state index in [1.165, 1.54) is 12.0 Å². The number of hydrogen-bond donors (Lipinski definition) is 1. The molecule has 2 aromatic carbocycles. The first-order valence-electron chi connectivity index (χ1n) is 8.32. The first-order valence-corrected chi connectivity index (χ1v) is 8.70. The highest BCUT2D eigenvalue weighted by molar-refractivity contribution is 6.31. The number of carbonyl (C=O) groups is 2. The van der Waals surface area contributed by atoms with Crippen LogP contribution in [-0.2, 0) is 4.79 Å². The molecule has 2 rings (SSSR count). The lowest BCUT2D eigenvalue weighted by atomic mass is 10.0. The molecule has 1 atom stereocenters. The maximum atomic E-state index is 13.0. The molecular weight excluding hydrogens is 352 g/mol. The minimum Gasteiger partial charge on any atom is -0.495 e. The van der Waals surface area contributed by atoms with Gasteiger partial charge in [0.1, 0.15) is 11.8 Å². The molecule has 1 N–H and O–H groups in total. The molecule has 138 valence electrons. The van der Waals surface area contributed by atoms with Crippen LogP contribution in [0.25, 0.3) is 0 Å². The molecule has 0 fully saturated rings. The Hall–Kier alpha value is -2.53. The molecule has 0 radical (unpaired) electrons. The molecule has 0 spiro atoms. The van der Waals surface area contributed by atoms with Crippen LogP contribution >= 0.6 is 11.6 Å². The van der Waals surface area contributed by atoms with Crippen LogP contribution in [-0.4, -0.2) is 32.0 Å². The van der Waals surface area contributed by atoms with Crippen LogP contribution in [0, 0.1) is 5.92 Å². The van der Waals surface area contributed by atoms with Crippen LogP contribution < -0.4 is 15.0 Å². The number of benzene rings is 2. The summed E-state index contributed by atoms with van der Waals surface area (Å²) in [4.78, 5) is 27.0. The highest BCUT2D eigenvalue weighted by atomic mass is 35.5. The van der Waals surface area contributed by atoms with Crippen molar-refractivity contribution >= 4 is 29.1 Å². The molecular formula is C20H23ClN2O3. The van der Waals surface area contributed by atoms with E-state index < -0.39 is 6.04 Å². The molecule has 0 aliphatic rings. The number of likely N-dealkylation sites (N-methyl/N-ethyl adjacent to an activating group) is 1. The lowest BCUT2D eigenvalue weighted by Crippen LogP contribution is -2.50. The maximum absolute atomic E-state index is 13.0. The van der Waals surface area contributed by atoms with Gasteiger partial charge in [-0.1, -0.05) is 43.6 Å². The van der Waals surface area contributed by atoms with Gasteiger partial charge in [0.2, 0.25) is 5.91 Å². The lowest BCUT2D eigenvalue weighted by molar-refractivity contribution is -0.121. The van der Waals surface area contributed by atoms with Crippen LogP contribution in [0.4, 0.5) is 5.69 Å². The second-order valence-electron chi connectivity index (χ2n) is 6.27. The van der Waals surface area contributed by atoms with Crippen molar-refractivity contribution in [2.24, 2.45) is 5.92 Å². The molecule has 26 heavy (non-hydrogen) atoms. The zero-order valence-electron chi connectivity index (χ0n) is 15.3. The SMILES string of the molecule is COc1ccc(Cl)cc1N(C)C(=O)C(NC(=O)c1ccccc1)C(C)C. The lowest BCUT2D eigenvalue weighted by Gasteiger charge is -2.28. The predicted octanol–water partition coefficient (Wildman–Crippen LogP) is 3.77. The van der Waals surface area contributed by atoms with Gasteiger partial charge in [-0.25, -0.2) is 0 Å². The van der Waals surface area contributed by atoms with E-state index in [9.17, 15) is 9.59 Å². The van der Waals surface area contributed by atoms with E-state index in [-0.39, 0.29) is 17.7 Å². The number of nitrogens with zero attached hydrogens (tertiary/aromatic N) is 1. The average Bonchev–Trinajstić information content (AvgIpc) is 2.65. The number of anilines is 1. The summed E-state index contributed by atoms with van der Waals surface area (Å²) in [6.45, 7) is 3.77. The molecule has 6 heteroatoms. The van der Waals surface area contributed by atoms with Gasteiger partial charge in [0, 0.05) is 17.6 Å². The molecule has 0 aliphatic carbocycles. The predicted molar refractivity (Wildman–Crippen MR) is 104 cm³/mol. The molecule has 0 saturated heterocycles. The Morgan fingerprint density at radius 1 is 1.12 bits per heavy atom. The zero-order valence-corrected chi connectivity index (χ0v) is 16.1. The molecule has 1 unspecified atom stereocenters. The summed E-state index contributed by atoms with van der Waals surface area (Å²) >= 11 is 6.07. The summed E-state index contributed by atoms with van der Waals surface area (Å²) in [6.07, 6.45) is 0. The quantitative estimate of drug-likeness (QED) is 0.837. The Morgan fingerprint density at radius 3 is 2.35 bits per heavy atom. The van der Waals surface area contributed by atoms with Gasteiger partial charge in [-0.2, -0.15) is 0 Å². The van der Waals surface area contributed by atoms with Crippen LogP contribution in [0.3, 0.4) is 0 Å². The summed E-state index contributed by atoms with van der Waals surface area (Å²) in [5.41, 5.74) is 1.05. The fourth-order valence-electron chi connectivity index (χ4n) is 2.58. The molecule has 0 saturated carbocycles. The highest BCUT2D eigenvalue weighted by Gasteiger charge is 2.29. The fraction of sp³-hybridized carbons (Fsp3) is 0.300. The Labute approximate surface area is 158 Å². The van der Waals surface area contributed by atoms with Crippen molar-refractivity contribution in [2.75, 3.05) is 19.1 Å². The Kier molecular flexibility index (Phi) is 6.64. The van der Waals surface area contributed by atoms with Crippen LogP contribution in [0.2, 0.25) is 5.02 Å². The van der Waals surface area contributed by atoms with Crippen LogP contribution in [0.5, 0.6) is 5.75 Å². The number of amides is 2. The van der Waals surface area contributed by atoms with Crippen molar-refractivity contribution in [1.29, 1.82) is 0 Å². The van der Waals surface area contributed by atoms with Crippen molar-refractivity contribution in [1.82, 2.24) is 5.32 Å². The van der Waals surface area contributed by atoms with E-state index in [0.717, 1.165) is 0 Å². The van der Waals surface area contributed by atoms with Crippen molar-refractivity contribution in [3.05, 3.63) is 59.1 Å². The molecule has 0 aromatic heterocycles. The number of halogens is 1. The molecule has 0 bridgehead atoms. The van der Waals surface area contributed by atoms with E-state index >= 15 is 0 Å². The first-order chi connectivity index (χ1) is 12.3. The van der Waals surface area contributed by atoms with E-state index in [1.807, 2.05) is 19.9 Å². The zero-order chi connectivity index (χ0) is 19.3. The van der Waals surface area contributed by atoms with Crippen molar-refractivity contribution in [3.8, 4) is 5.75 Å². The van der Waals surface area contributed by atoms with Gasteiger partial charge in [-0.05, 0) is 36.2 Å². The third kappa shape index (κ3) is 4.55. The molecule has 2 aromatic rings. The molecule has 0 aliphatic heterocycles. The van der Waals surface area contributed by atoms with E-state index in [4.69, 9.17) is 16.3 Å². The number of carbonyl (C=O) groups excluding carboxylic acids is 2. The smallest absolute Gasteiger partial charge is 0.251 e. The second kappa shape index (κ2) is 8.72. The van der Waals surface area contributed by atoms with E-state index in [0.29, 0.717) is 22.0 Å². The highest BCUT2D eigenvalue weighted by Crippen LogP contribution is 2.31. The second-order valence-corrected chi connectivity index (χ2v) is 6.71. The standard InChI is InChI=1S/C20H23ClN2O3/c1-13(2)18(22-19(24)14-8-6-5-7-9-14)20(25)23(3)16-12-15(21)10-11-17(16)26-4/h5-13,18H,1-4H3,(H,22,24). The minimum absolute atomic E-state index is 0.0946. The van der Waals surface area contributed by atoms with Crippen molar-refractivity contribution in [3.63, 3.8) is 0 Å². The van der Waals surface area contributed by atoms with Gasteiger partial charge in [0.15, 0.2) is 0 Å². The van der Waals surface area contributed by atoms with Crippen LogP contribution in [0.15, 0.2) is 48.5 Å². The van der Waals surface area contributed by atoms with Gasteiger partial charge >= 0.3 is 0 Å². The topological polar surface area (TPSA) is 58.6 Å². The number of methoxy groups -OCH3 is 1. The molecule has 0 heterocycles. The minimum atomic E-state index is -0.684. The first kappa shape index (κ1) is 19.8. The Morgan fingerprint density at radius 2 is 1.77 bits per heavy atom. The van der Waals surface area contributed by atoms with Gasteiger partial charge in [0.05, 0.1) is 12.8 Å². The van der Waals surface area contributed by atoms with Gasteiger partial charge in [0.25, 0.3) is 5.91 Å². The summed E-state index contributed by atoms with van der Waals surface area (Å²) in [5, 5.41) is 3.33. The number of hydrogen-bond acceptors (Lipinski definition) is 3. The Bertz CT molecular complexity index is 778. The van der Waals surface area contributed by atoms with Crippen molar-refractivity contribution in [2.45, 2.75) is 19.9 Å². The van der Waals surface area contributed by atoms with E-state index in [1.54, 1.807) is 49.5 Å². The fourth-order valence-corrected chi connectivity index (χ4v) is 2.75. The summed E-state index contributed by atoms with van der Waals surface area (Å²) < 4.78 is 5.32. The van der Waals surface area contributed by atoms with Gasteiger partial charge in [-0.3, -0.25) is 9.59 Å². The van der Waals surface area contributed by atoms with Crippen molar-refractivity contribution < 1.29 is 14.3 Å². The summed E-state index contributed by atoms with van der Waals surface area (Å²) in [7, 11) is 3.17. The largest absolute Gasteiger partial charge is 0.495 e. The number of nitrogens with one attached hydrogen (secondary N) is 1. The number of rotatable bonds is 6. The third-order valence-corrected chi connectivity index (χ3v) is 4.32. The Balaban J connectivity index is 2.25. The third-order valence-electron chi connectivity index (χ3n) is 4.09. The van der Waals surface area contributed by atoms with E-state index in [2.05, 4.69) is 5.32 Å². The molecule has 5 nitrogen and oxygen atoms in total.